The van der Waals surface area contributed by atoms with Gasteiger partial charge in [0.05, 0.1) is 11.4 Å². The van der Waals surface area contributed by atoms with Crippen molar-refractivity contribution < 1.29 is 49.2 Å². The van der Waals surface area contributed by atoms with Crippen LogP contribution in [0.15, 0.2) is 134 Å². The number of rotatable bonds is 16. The second-order valence-corrected chi connectivity index (χ2v) is 49.0. The fourth-order valence-electron chi connectivity index (χ4n) is 9.55. The molecule has 0 saturated heterocycles. The fourth-order valence-corrected chi connectivity index (χ4v) is 25.6. The topological polar surface area (TPSA) is 107 Å². The number of hydrogen-bond acceptors (Lipinski definition) is 6. The summed E-state index contributed by atoms with van der Waals surface area (Å²) in [6.45, 7) is 57.6. The first kappa shape index (κ1) is 76.7. The molecule has 0 saturated carbocycles. The SMILES string of the molecule is CC(C)(C)c1cc(CN(Cc2ccccc2)Cc2ccccn2)c([O-])c(C(C)(C)C)c1.CC(C)(C)c1cc(CN(Cc2ccccc2)Cc2ccccn2)c([O-])c(C(C)(C)C)c1.C[Si](C)(C)[N-][Si](C)(C)C.C[Si](C)(C)[N-][Si](C)(C)C.[Zn+2].[Zn+2]. The fraction of sp³-hybridized carbons (Fsp3) is 0.500. The van der Waals surface area contributed by atoms with E-state index in [0.717, 1.165) is 46.7 Å². The summed E-state index contributed by atoms with van der Waals surface area (Å²) in [6, 6.07) is 41.3. The smallest absolute Gasteiger partial charge is 0.872 e. The van der Waals surface area contributed by atoms with Crippen molar-refractivity contribution in [2.75, 3.05) is 0 Å². The minimum Gasteiger partial charge on any atom is -0.872 e. The summed E-state index contributed by atoms with van der Waals surface area (Å²) in [4.78, 5) is 13.7. The molecule has 2 heterocycles. The summed E-state index contributed by atoms with van der Waals surface area (Å²) in [5.41, 5.74) is 9.99. The number of benzene rings is 4. The molecule has 0 aliphatic carbocycles. The number of pyridine rings is 2. The Hall–Kier alpha value is -3.27. The predicted molar refractivity (Wildman–Crippen MR) is 354 cm³/mol. The van der Waals surface area contributed by atoms with Crippen LogP contribution in [0.1, 0.15) is 139 Å². The van der Waals surface area contributed by atoms with Gasteiger partial charge in [0.1, 0.15) is 0 Å². The van der Waals surface area contributed by atoms with Gasteiger partial charge in [-0.05, 0) is 90.4 Å². The van der Waals surface area contributed by atoms with E-state index in [1.165, 1.54) is 22.3 Å². The molecule has 0 fully saturated rings. The Morgan fingerprint density at radius 1 is 0.366 bits per heavy atom. The third-order valence-corrected chi connectivity index (χ3v) is 23.3. The molecular weight excluding hydrogens is 1180 g/mol. The second kappa shape index (κ2) is 32.5. The van der Waals surface area contributed by atoms with Crippen molar-refractivity contribution in [3.8, 4) is 11.5 Å². The van der Waals surface area contributed by atoms with Crippen LogP contribution in [0.2, 0.25) is 78.6 Å². The third kappa shape index (κ3) is 30.2. The van der Waals surface area contributed by atoms with Crippen LogP contribution in [-0.2, 0) is 99.9 Å². The second-order valence-electron chi connectivity index (χ2n) is 29.8. The first-order valence-electron chi connectivity index (χ1n) is 29.0. The predicted octanol–water partition coefficient (Wildman–Crippen LogP) is 18.0. The third-order valence-electron chi connectivity index (χ3n) is 12.5. The Bertz CT molecular complexity index is 2470. The Balaban J connectivity index is 0.000000620. The summed E-state index contributed by atoms with van der Waals surface area (Å²) in [6.07, 6.45) is 3.65. The first-order chi connectivity index (χ1) is 36.5. The maximum absolute atomic E-state index is 13.5. The van der Waals surface area contributed by atoms with Crippen LogP contribution in [0.3, 0.4) is 0 Å². The number of aromatic nitrogens is 2. The standard InChI is InChI=1S/2C28H36N2O.2C6H18NSi2.2Zn/c2*1-27(2,3)23-16-22(26(31)25(17-23)28(4,5)6)19-30(18-21-12-8-7-9-13-21)20-24-14-10-11-15-29-24;2*1-8(2,3)7-9(4,5)6;;/h2*7-17,31H,18-20H2,1-6H3;2*1-6H3;;/q;;2*-1;2*+2/p-2. The summed E-state index contributed by atoms with van der Waals surface area (Å²) in [5, 5.41) is 27.0. The summed E-state index contributed by atoms with van der Waals surface area (Å²) in [7, 11) is -4.42. The molecule has 0 aliphatic heterocycles. The minimum atomic E-state index is -1.11. The summed E-state index contributed by atoms with van der Waals surface area (Å²) < 4.78 is 9.64. The molecule has 8 nitrogen and oxygen atoms in total. The Labute approximate surface area is 530 Å². The maximum atomic E-state index is 13.5. The van der Waals surface area contributed by atoms with E-state index in [1.807, 2.05) is 60.9 Å². The molecule has 0 unspecified atom stereocenters. The zero-order valence-corrected chi connectivity index (χ0v) is 65.8. The molecule has 0 aliphatic rings. The maximum Gasteiger partial charge on any atom is 2.00 e. The largest absolute Gasteiger partial charge is 2.00 e. The van der Waals surface area contributed by atoms with E-state index in [9.17, 15) is 10.2 Å². The average Bonchev–Trinajstić information content (AvgIpc) is 3.28. The van der Waals surface area contributed by atoms with Gasteiger partial charge in [0, 0.05) is 51.7 Å². The zero-order valence-electron chi connectivity index (χ0n) is 55.9. The van der Waals surface area contributed by atoms with Crippen molar-refractivity contribution in [3.05, 3.63) is 199 Å². The van der Waals surface area contributed by atoms with Crippen LogP contribution >= 0.6 is 0 Å². The van der Waals surface area contributed by atoms with E-state index in [0.29, 0.717) is 26.2 Å². The molecule has 82 heavy (non-hydrogen) atoms. The van der Waals surface area contributed by atoms with E-state index in [-0.39, 0.29) is 72.1 Å². The molecule has 6 aromatic rings. The minimum absolute atomic E-state index is 0. The molecule has 0 radical (unpaired) electrons. The molecule has 0 spiro atoms. The van der Waals surface area contributed by atoms with Crippen LogP contribution in [-0.4, -0.2) is 52.7 Å². The molecule has 2 aromatic heterocycles. The molecule has 0 N–H and O–H groups in total. The molecular formula is C68H106N6O2Si4Zn2. The first-order valence-corrected chi connectivity index (χ1v) is 42.8. The molecule has 440 valence electrons. The van der Waals surface area contributed by atoms with Gasteiger partial charge in [-0.25, -0.2) is 0 Å². The van der Waals surface area contributed by atoms with Crippen molar-refractivity contribution in [1.29, 1.82) is 0 Å². The summed E-state index contributed by atoms with van der Waals surface area (Å²) in [5.74, 6) is 0.333. The van der Waals surface area contributed by atoms with E-state index in [4.69, 9.17) is 9.30 Å². The van der Waals surface area contributed by atoms with E-state index in [1.54, 1.807) is 0 Å². The Morgan fingerprint density at radius 2 is 0.646 bits per heavy atom. The number of nitrogens with zero attached hydrogens (tertiary/aromatic N) is 6. The number of hydrogen-bond donors (Lipinski definition) is 0. The average molecular weight is 1280 g/mol. The van der Waals surface area contributed by atoms with Gasteiger partial charge < -0.3 is 19.5 Å². The van der Waals surface area contributed by atoms with Crippen LogP contribution < -0.4 is 10.2 Å². The van der Waals surface area contributed by atoms with Crippen LogP contribution in [0.25, 0.3) is 9.30 Å². The van der Waals surface area contributed by atoms with E-state index < -0.39 is 32.9 Å². The summed E-state index contributed by atoms with van der Waals surface area (Å²) >= 11 is 0. The molecule has 0 bridgehead atoms. The van der Waals surface area contributed by atoms with Crippen molar-refractivity contribution >= 4 is 32.9 Å². The van der Waals surface area contributed by atoms with Crippen molar-refractivity contribution in [2.24, 2.45) is 0 Å². The van der Waals surface area contributed by atoms with Gasteiger partial charge in [-0.2, -0.15) is 0 Å². The molecule has 4 aromatic carbocycles. The monoisotopic (exact) mass is 1280 g/mol. The van der Waals surface area contributed by atoms with Crippen molar-refractivity contribution in [3.63, 3.8) is 0 Å². The van der Waals surface area contributed by atoms with Crippen LogP contribution in [0, 0.1) is 0 Å². The molecule has 0 atom stereocenters. The van der Waals surface area contributed by atoms with Crippen LogP contribution in [0.4, 0.5) is 0 Å². The Kier molecular flexibility index (Phi) is 30.4. The van der Waals surface area contributed by atoms with Crippen LogP contribution in [0.5, 0.6) is 11.5 Å². The van der Waals surface area contributed by atoms with Gasteiger partial charge in [-0.1, -0.05) is 292 Å². The van der Waals surface area contributed by atoms with Gasteiger partial charge in [0.15, 0.2) is 0 Å². The van der Waals surface area contributed by atoms with E-state index >= 15 is 0 Å². The van der Waals surface area contributed by atoms with E-state index in [2.05, 4.69) is 254 Å². The molecule has 14 heteroatoms. The van der Waals surface area contributed by atoms with Gasteiger partial charge in [-0.3, -0.25) is 19.8 Å². The van der Waals surface area contributed by atoms with Gasteiger partial charge in [0.25, 0.3) is 0 Å². The van der Waals surface area contributed by atoms with Gasteiger partial charge in [-0.15, -0.1) is 11.5 Å². The van der Waals surface area contributed by atoms with Gasteiger partial charge >= 0.3 is 39.0 Å². The molecule has 0 amide bonds. The van der Waals surface area contributed by atoms with Crippen molar-refractivity contribution in [1.82, 2.24) is 19.8 Å². The normalized spacial score (nSPS) is 12.4. The molecule has 6 rings (SSSR count). The zero-order chi connectivity index (χ0) is 60.7. The van der Waals surface area contributed by atoms with Crippen molar-refractivity contribution in [2.45, 2.75) is 223 Å². The Morgan fingerprint density at radius 3 is 0.866 bits per heavy atom. The quantitative estimate of drug-likeness (QED) is 0.0894. The van der Waals surface area contributed by atoms with Gasteiger partial charge in [0.2, 0.25) is 0 Å².